The molecule has 0 spiro atoms. The Morgan fingerprint density at radius 2 is 2.11 bits per heavy atom. The van der Waals surface area contributed by atoms with Crippen LogP contribution in [0.4, 0.5) is 13.2 Å². The lowest BCUT2D eigenvalue weighted by atomic mass is 9.75. The van der Waals surface area contributed by atoms with Crippen LogP contribution in [-0.2, 0) is 13.0 Å². The van der Waals surface area contributed by atoms with Crippen LogP contribution in [0.2, 0.25) is 0 Å². The number of fused-ring (bicyclic) bond motifs is 1. The van der Waals surface area contributed by atoms with E-state index in [4.69, 9.17) is 0 Å². The number of nitrogens with zero attached hydrogens (tertiary/aromatic N) is 1. The molecule has 0 radical (unpaired) electrons. The normalized spacial score (nSPS) is 22.3. The largest absolute Gasteiger partial charge is 0.389 e. The van der Waals surface area contributed by atoms with Crippen LogP contribution in [0.25, 0.3) is 0 Å². The fourth-order valence-electron chi connectivity index (χ4n) is 2.85. The van der Waals surface area contributed by atoms with Crippen LogP contribution in [0.5, 0.6) is 0 Å². The molecule has 1 aromatic heterocycles. The maximum absolute atomic E-state index is 12.2. The third-order valence-corrected chi connectivity index (χ3v) is 3.72. The van der Waals surface area contributed by atoms with Crippen LogP contribution < -0.4 is 0 Å². The zero-order valence-corrected chi connectivity index (χ0v) is 11.3. The van der Waals surface area contributed by atoms with E-state index in [0.717, 1.165) is 17.7 Å². The standard InChI is InChI=1S/C14H20F3NO/c1-13(2)8-11-10(12(19)9-13)4-7-18(11)6-3-5-14(15,16)17/h4,7,12,19H,3,5-6,8-9H2,1-2H3. The van der Waals surface area contributed by atoms with Gasteiger partial charge in [0.15, 0.2) is 0 Å². The minimum atomic E-state index is -4.09. The first-order valence-corrected chi connectivity index (χ1v) is 6.61. The van der Waals surface area contributed by atoms with Gasteiger partial charge < -0.3 is 9.67 Å². The van der Waals surface area contributed by atoms with Crippen LogP contribution in [-0.4, -0.2) is 15.8 Å². The van der Waals surface area contributed by atoms with Crippen molar-refractivity contribution < 1.29 is 18.3 Å². The summed E-state index contributed by atoms with van der Waals surface area (Å²) in [5.41, 5.74) is 1.87. The van der Waals surface area contributed by atoms with Gasteiger partial charge in [0.2, 0.25) is 0 Å². The molecule has 1 aliphatic rings. The molecule has 19 heavy (non-hydrogen) atoms. The number of hydrogen-bond donors (Lipinski definition) is 1. The van der Waals surface area contributed by atoms with Gasteiger partial charge in [0, 0.05) is 30.4 Å². The highest BCUT2D eigenvalue weighted by Crippen LogP contribution is 2.41. The average molecular weight is 275 g/mol. The van der Waals surface area contributed by atoms with Gasteiger partial charge >= 0.3 is 6.18 Å². The summed E-state index contributed by atoms with van der Waals surface area (Å²) in [6.07, 6.45) is -1.96. The topological polar surface area (TPSA) is 25.2 Å². The molecular formula is C14H20F3NO. The van der Waals surface area contributed by atoms with Crippen LogP contribution in [0, 0.1) is 5.41 Å². The molecule has 0 saturated heterocycles. The summed E-state index contributed by atoms with van der Waals surface area (Å²) in [7, 11) is 0. The van der Waals surface area contributed by atoms with E-state index in [0.29, 0.717) is 13.0 Å². The van der Waals surface area contributed by atoms with Gasteiger partial charge in [0.1, 0.15) is 0 Å². The van der Waals surface area contributed by atoms with Crippen LogP contribution >= 0.6 is 0 Å². The van der Waals surface area contributed by atoms with E-state index in [1.54, 1.807) is 6.20 Å². The molecule has 1 heterocycles. The highest BCUT2D eigenvalue weighted by Gasteiger charge is 2.33. The van der Waals surface area contributed by atoms with Gasteiger partial charge in [-0.05, 0) is 30.7 Å². The van der Waals surface area contributed by atoms with Gasteiger partial charge in [-0.3, -0.25) is 0 Å². The van der Waals surface area contributed by atoms with Gasteiger partial charge in [-0.25, -0.2) is 0 Å². The number of alkyl halides is 3. The first-order chi connectivity index (χ1) is 8.68. The number of hydrogen-bond acceptors (Lipinski definition) is 1. The van der Waals surface area contributed by atoms with Crippen molar-refractivity contribution >= 4 is 0 Å². The molecule has 0 amide bonds. The monoisotopic (exact) mass is 275 g/mol. The summed E-state index contributed by atoms with van der Waals surface area (Å²) in [6.45, 7) is 4.51. The molecule has 2 nitrogen and oxygen atoms in total. The van der Waals surface area contributed by atoms with Gasteiger partial charge in [0.05, 0.1) is 6.10 Å². The zero-order valence-electron chi connectivity index (χ0n) is 11.3. The van der Waals surface area contributed by atoms with Crippen molar-refractivity contribution in [2.75, 3.05) is 0 Å². The minimum absolute atomic E-state index is 0.00739. The van der Waals surface area contributed by atoms with Crippen LogP contribution in [0.1, 0.15) is 50.5 Å². The molecule has 0 fully saturated rings. The Balaban J connectivity index is 2.08. The van der Waals surface area contributed by atoms with Gasteiger partial charge in [0.25, 0.3) is 0 Å². The lowest BCUT2D eigenvalue weighted by molar-refractivity contribution is -0.135. The summed E-state index contributed by atoms with van der Waals surface area (Å²) in [4.78, 5) is 0. The Bertz CT molecular complexity index is 448. The fraction of sp³-hybridized carbons (Fsp3) is 0.714. The molecule has 1 N–H and O–H groups in total. The van der Waals surface area contributed by atoms with Gasteiger partial charge in [-0.1, -0.05) is 13.8 Å². The van der Waals surface area contributed by atoms with Gasteiger partial charge in [-0.15, -0.1) is 0 Å². The van der Waals surface area contributed by atoms with Crippen LogP contribution in [0.3, 0.4) is 0 Å². The molecule has 0 aromatic carbocycles. The molecular weight excluding hydrogens is 255 g/mol. The van der Waals surface area contributed by atoms with Crippen molar-refractivity contribution in [2.45, 2.75) is 58.4 Å². The SMILES string of the molecule is CC1(C)Cc2c(ccn2CCCC(F)(F)F)C(O)C1. The molecule has 1 aromatic rings. The van der Waals surface area contributed by atoms with Crippen molar-refractivity contribution in [1.82, 2.24) is 4.57 Å². The quantitative estimate of drug-likeness (QED) is 0.891. The van der Waals surface area contributed by atoms with Gasteiger partial charge in [-0.2, -0.15) is 13.2 Å². The van der Waals surface area contributed by atoms with E-state index in [1.807, 2.05) is 10.6 Å². The van der Waals surface area contributed by atoms with E-state index < -0.39 is 18.7 Å². The van der Waals surface area contributed by atoms with E-state index >= 15 is 0 Å². The number of aliphatic hydroxyl groups is 1. The Kier molecular flexibility index (Phi) is 3.69. The lowest BCUT2D eigenvalue weighted by Gasteiger charge is -2.34. The number of rotatable bonds is 3. The number of aryl methyl sites for hydroxylation is 1. The molecule has 108 valence electrons. The van der Waals surface area contributed by atoms with E-state index in [1.165, 1.54) is 0 Å². The van der Waals surface area contributed by atoms with E-state index in [9.17, 15) is 18.3 Å². The average Bonchev–Trinajstić information content (AvgIpc) is 2.58. The smallest absolute Gasteiger partial charge is 0.388 e. The predicted molar refractivity (Wildman–Crippen MR) is 66.8 cm³/mol. The van der Waals surface area contributed by atoms with Crippen molar-refractivity contribution in [2.24, 2.45) is 5.41 Å². The van der Waals surface area contributed by atoms with Crippen molar-refractivity contribution in [3.63, 3.8) is 0 Å². The van der Waals surface area contributed by atoms with Crippen molar-refractivity contribution in [3.05, 3.63) is 23.5 Å². The zero-order chi connectivity index (χ0) is 14.3. The molecule has 5 heteroatoms. The molecule has 0 saturated carbocycles. The first-order valence-electron chi connectivity index (χ1n) is 6.61. The molecule has 1 atom stereocenters. The predicted octanol–water partition coefficient (Wildman–Crippen LogP) is 3.84. The maximum Gasteiger partial charge on any atom is 0.389 e. The Labute approximate surface area is 111 Å². The second-order valence-electron chi connectivity index (χ2n) is 6.19. The third kappa shape index (κ3) is 3.53. The minimum Gasteiger partial charge on any atom is -0.388 e. The van der Waals surface area contributed by atoms with Crippen molar-refractivity contribution in [3.8, 4) is 0 Å². The molecule has 1 unspecified atom stereocenters. The highest BCUT2D eigenvalue weighted by molar-refractivity contribution is 5.29. The fourth-order valence-corrected chi connectivity index (χ4v) is 2.85. The maximum atomic E-state index is 12.2. The molecule has 2 rings (SSSR count). The summed E-state index contributed by atoms with van der Waals surface area (Å²) in [6, 6.07) is 1.84. The number of halogens is 3. The summed E-state index contributed by atoms with van der Waals surface area (Å²) in [5.74, 6) is 0. The summed E-state index contributed by atoms with van der Waals surface area (Å²) < 4.78 is 38.3. The van der Waals surface area contributed by atoms with Crippen molar-refractivity contribution in [1.29, 1.82) is 0 Å². The molecule has 1 aliphatic carbocycles. The molecule has 0 aliphatic heterocycles. The Hall–Kier alpha value is -0.970. The van der Waals surface area contributed by atoms with Crippen LogP contribution in [0.15, 0.2) is 12.3 Å². The summed E-state index contributed by atoms with van der Waals surface area (Å²) in [5, 5.41) is 10.1. The number of aliphatic hydroxyl groups excluding tert-OH is 1. The Morgan fingerprint density at radius 1 is 1.42 bits per heavy atom. The Morgan fingerprint density at radius 3 is 2.74 bits per heavy atom. The molecule has 0 bridgehead atoms. The first kappa shape index (κ1) is 14.4. The second kappa shape index (κ2) is 4.85. The number of aromatic nitrogens is 1. The third-order valence-electron chi connectivity index (χ3n) is 3.72. The summed E-state index contributed by atoms with van der Waals surface area (Å²) >= 11 is 0. The highest BCUT2D eigenvalue weighted by atomic mass is 19.4. The van der Waals surface area contributed by atoms with E-state index in [-0.39, 0.29) is 11.8 Å². The van der Waals surface area contributed by atoms with E-state index in [2.05, 4.69) is 13.8 Å². The second-order valence-corrected chi connectivity index (χ2v) is 6.19. The lowest BCUT2D eigenvalue weighted by Crippen LogP contribution is -2.26.